The molecule has 2 heterocycles. The van der Waals surface area contributed by atoms with Crippen LogP contribution in [0.15, 0.2) is 12.2 Å². The number of rotatable bonds is 4. The number of nitrogens with one attached hydrogen (secondary N) is 2. The van der Waals surface area contributed by atoms with E-state index in [9.17, 15) is 4.79 Å². The number of nitrogens with zero attached hydrogens (tertiary/aromatic N) is 1. The summed E-state index contributed by atoms with van der Waals surface area (Å²) in [5, 5.41) is 7.21. The lowest BCUT2D eigenvalue weighted by atomic mass is 10.3. The van der Waals surface area contributed by atoms with Crippen LogP contribution in [0, 0.1) is 0 Å². The van der Waals surface area contributed by atoms with Gasteiger partial charge in [-0.2, -0.15) is 0 Å². The van der Waals surface area contributed by atoms with Gasteiger partial charge in [-0.3, -0.25) is 10.1 Å². The topological polar surface area (TPSA) is 54.0 Å². The number of amides is 1. The predicted molar refractivity (Wildman–Crippen MR) is 71.8 cm³/mol. The SMILES string of the molecule is O=C(NCCc1nc2c(s1)CCC2)[C@H]1C=CCN1. The molecule has 0 saturated heterocycles. The van der Waals surface area contributed by atoms with Gasteiger partial charge in [0.1, 0.15) is 6.04 Å². The van der Waals surface area contributed by atoms with Crippen molar-refractivity contribution in [3.63, 3.8) is 0 Å². The lowest BCUT2D eigenvalue weighted by Gasteiger charge is -2.09. The van der Waals surface area contributed by atoms with Gasteiger partial charge >= 0.3 is 0 Å². The molecule has 0 aromatic carbocycles. The van der Waals surface area contributed by atoms with Crippen molar-refractivity contribution in [3.05, 3.63) is 27.7 Å². The van der Waals surface area contributed by atoms with Crippen LogP contribution in [0.4, 0.5) is 0 Å². The second-order valence-electron chi connectivity index (χ2n) is 4.69. The van der Waals surface area contributed by atoms with Gasteiger partial charge in [-0.1, -0.05) is 12.2 Å². The maximum Gasteiger partial charge on any atom is 0.241 e. The zero-order chi connectivity index (χ0) is 12.4. The Kier molecular flexibility index (Phi) is 3.43. The number of hydrogen-bond acceptors (Lipinski definition) is 4. The van der Waals surface area contributed by atoms with Crippen molar-refractivity contribution in [2.75, 3.05) is 13.1 Å². The highest BCUT2D eigenvalue weighted by atomic mass is 32.1. The maximum absolute atomic E-state index is 11.7. The van der Waals surface area contributed by atoms with E-state index in [2.05, 4.69) is 15.6 Å². The van der Waals surface area contributed by atoms with Gasteiger partial charge in [0.2, 0.25) is 5.91 Å². The van der Waals surface area contributed by atoms with E-state index in [0.29, 0.717) is 6.54 Å². The zero-order valence-electron chi connectivity index (χ0n) is 10.2. The van der Waals surface area contributed by atoms with Gasteiger partial charge in [-0.25, -0.2) is 4.98 Å². The van der Waals surface area contributed by atoms with Crippen LogP contribution in [0.1, 0.15) is 22.0 Å². The van der Waals surface area contributed by atoms with E-state index in [0.717, 1.165) is 24.4 Å². The summed E-state index contributed by atoms with van der Waals surface area (Å²) in [5.41, 5.74) is 1.29. The van der Waals surface area contributed by atoms with Crippen molar-refractivity contribution in [2.24, 2.45) is 0 Å². The Labute approximate surface area is 111 Å². The van der Waals surface area contributed by atoms with E-state index in [4.69, 9.17) is 0 Å². The molecule has 1 aromatic heterocycles. The fraction of sp³-hybridized carbons (Fsp3) is 0.538. The summed E-state index contributed by atoms with van der Waals surface area (Å²) in [4.78, 5) is 17.8. The maximum atomic E-state index is 11.7. The van der Waals surface area contributed by atoms with Crippen LogP contribution in [0.2, 0.25) is 0 Å². The van der Waals surface area contributed by atoms with Crippen LogP contribution in [0.25, 0.3) is 0 Å². The third kappa shape index (κ3) is 2.47. The fourth-order valence-electron chi connectivity index (χ4n) is 2.40. The van der Waals surface area contributed by atoms with Gasteiger partial charge in [-0.05, 0) is 19.3 Å². The predicted octanol–water partition coefficient (Wildman–Crippen LogP) is 0.818. The molecule has 0 spiro atoms. The van der Waals surface area contributed by atoms with Crippen molar-refractivity contribution in [1.82, 2.24) is 15.6 Å². The first-order chi connectivity index (χ1) is 8.83. The molecule has 0 saturated carbocycles. The highest BCUT2D eigenvalue weighted by Crippen LogP contribution is 2.27. The Hall–Kier alpha value is -1.20. The molecule has 0 radical (unpaired) electrons. The lowest BCUT2D eigenvalue weighted by molar-refractivity contribution is -0.121. The Morgan fingerprint density at radius 3 is 3.28 bits per heavy atom. The van der Waals surface area contributed by atoms with Crippen molar-refractivity contribution in [2.45, 2.75) is 31.7 Å². The minimum atomic E-state index is -0.147. The lowest BCUT2D eigenvalue weighted by Crippen LogP contribution is -2.41. The molecule has 1 aromatic rings. The molecule has 2 aliphatic rings. The normalized spacial score (nSPS) is 21.2. The van der Waals surface area contributed by atoms with E-state index in [1.807, 2.05) is 23.5 Å². The molecule has 5 heteroatoms. The molecule has 1 aliphatic heterocycles. The van der Waals surface area contributed by atoms with Crippen molar-refractivity contribution >= 4 is 17.2 Å². The molecule has 0 fully saturated rings. The number of hydrogen-bond donors (Lipinski definition) is 2. The highest BCUT2D eigenvalue weighted by Gasteiger charge is 2.18. The molecule has 1 amide bonds. The minimum absolute atomic E-state index is 0.0628. The molecule has 2 N–H and O–H groups in total. The Morgan fingerprint density at radius 2 is 2.50 bits per heavy atom. The molecular formula is C13H17N3OS. The molecule has 3 rings (SSSR count). The Balaban J connectivity index is 1.46. The van der Waals surface area contributed by atoms with Gasteiger partial charge in [0.25, 0.3) is 0 Å². The van der Waals surface area contributed by atoms with Crippen molar-refractivity contribution < 1.29 is 4.79 Å². The quantitative estimate of drug-likeness (QED) is 0.791. The smallest absolute Gasteiger partial charge is 0.241 e. The largest absolute Gasteiger partial charge is 0.354 e. The van der Waals surface area contributed by atoms with Crippen LogP contribution in [0.5, 0.6) is 0 Å². The van der Waals surface area contributed by atoms with Crippen molar-refractivity contribution in [3.8, 4) is 0 Å². The van der Waals surface area contributed by atoms with E-state index < -0.39 is 0 Å². The van der Waals surface area contributed by atoms with Crippen LogP contribution >= 0.6 is 11.3 Å². The van der Waals surface area contributed by atoms with Gasteiger partial charge in [0.05, 0.1) is 10.7 Å². The fourth-order valence-corrected chi connectivity index (χ4v) is 3.56. The second-order valence-corrected chi connectivity index (χ2v) is 5.85. The summed E-state index contributed by atoms with van der Waals surface area (Å²) in [6.45, 7) is 1.47. The zero-order valence-corrected chi connectivity index (χ0v) is 11.1. The number of carbonyl (C=O) groups excluding carboxylic acids is 1. The first-order valence-electron chi connectivity index (χ1n) is 6.48. The van der Waals surface area contributed by atoms with Gasteiger partial charge in [-0.15, -0.1) is 11.3 Å². The van der Waals surface area contributed by atoms with E-state index >= 15 is 0 Å². The number of carbonyl (C=O) groups is 1. The Morgan fingerprint density at radius 1 is 1.56 bits per heavy atom. The van der Waals surface area contributed by atoms with Crippen LogP contribution in [-0.4, -0.2) is 30.0 Å². The molecule has 1 aliphatic carbocycles. The summed E-state index contributed by atoms with van der Waals surface area (Å²) in [6.07, 6.45) is 8.32. The van der Waals surface area contributed by atoms with Crippen LogP contribution < -0.4 is 10.6 Å². The molecule has 0 bridgehead atoms. The van der Waals surface area contributed by atoms with Crippen LogP contribution in [0.3, 0.4) is 0 Å². The highest BCUT2D eigenvalue weighted by molar-refractivity contribution is 7.11. The molecular weight excluding hydrogens is 246 g/mol. The van der Waals surface area contributed by atoms with E-state index in [1.165, 1.54) is 23.4 Å². The second kappa shape index (κ2) is 5.20. The average Bonchev–Trinajstić information content (AvgIpc) is 3.05. The third-order valence-electron chi connectivity index (χ3n) is 3.34. The number of aromatic nitrogens is 1. The van der Waals surface area contributed by atoms with Gasteiger partial charge in [0, 0.05) is 24.4 Å². The summed E-state index contributed by atoms with van der Waals surface area (Å²) in [7, 11) is 0. The van der Waals surface area contributed by atoms with E-state index in [-0.39, 0.29) is 11.9 Å². The summed E-state index contributed by atoms with van der Waals surface area (Å²) in [5.74, 6) is 0.0628. The molecule has 18 heavy (non-hydrogen) atoms. The average molecular weight is 263 g/mol. The minimum Gasteiger partial charge on any atom is -0.354 e. The summed E-state index contributed by atoms with van der Waals surface area (Å²) in [6, 6.07) is -0.147. The number of thiazole rings is 1. The number of fused-ring (bicyclic) bond motifs is 1. The van der Waals surface area contributed by atoms with Gasteiger partial charge < -0.3 is 5.32 Å². The monoisotopic (exact) mass is 263 g/mol. The standard InChI is InChI=1S/C13H17N3OS/c17-13(10-4-2-7-14-10)15-8-6-12-16-9-3-1-5-11(9)18-12/h2,4,10,14H,1,3,5-8H2,(H,15,17)/t10-/m1/s1. The molecule has 1 atom stereocenters. The summed E-state index contributed by atoms with van der Waals surface area (Å²) >= 11 is 1.81. The molecule has 4 nitrogen and oxygen atoms in total. The van der Waals surface area contributed by atoms with Crippen molar-refractivity contribution in [1.29, 1.82) is 0 Å². The summed E-state index contributed by atoms with van der Waals surface area (Å²) < 4.78 is 0. The first-order valence-corrected chi connectivity index (χ1v) is 7.30. The molecule has 96 valence electrons. The first kappa shape index (κ1) is 11.9. The molecule has 0 unspecified atom stereocenters. The number of aryl methyl sites for hydroxylation is 2. The Bertz CT molecular complexity index is 459. The third-order valence-corrected chi connectivity index (χ3v) is 4.56. The van der Waals surface area contributed by atoms with Crippen LogP contribution in [-0.2, 0) is 24.1 Å². The van der Waals surface area contributed by atoms with E-state index in [1.54, 1.807) is 0 Å². The van der Waals surface area contributed by atoms with Gasteiger partial charge in [0.15, 0.2) is 0 Å².